The lowest BCUT2D eigenvalue weighted by molar-refractivity contribution is -0.115. The van der Waals surface area contributed by atoms with Gasteiger partial charge in [0.2, 0.25) is 5.91 Å². The number of rotatable bonds is 3. The van der Waals surface area contributed by atoms with E-state index in [1.807, 2.05) is 11.8 Å². The van der Waals surface area contributed by atoms with E-state index in [-0.39, 0.29) is 11.3 Å². The van der Waals surface area contributed by atoms with Crippen molar-refractivity contribution in [3.8, 4) is 0 Å². The number of carbonyl (C=O) groups is 1. The molecule has 1 amide bonds. The predicted molar refractivity (Wildman–Crippen MR) is 106 cm³/mol. The molecule has 5 nitrogen and oxygen atoms in total. The number of benzene rings is 1. The summed E-state index contributed by atoms with van der Waals surface area (Å²) in [5.41, 5.74) is -0.392. The van der Waals surface area contributed by atoms with Gasteiger partial charge in [0.1, 0.15) is 0 Å². The van der Waals surface area contributed by atoms with E-state index in [2.05, 4.69) is 20.5 Å². The van der Waals surface area contributed by atoms with Gasteiger partial charge in [-0.15, -0.1) is 0 Å². The van der Waals surface area contributed by atoms with Crippen molar-refractivity contribution < 1.29 is 18.0 Å². The minimum Gasteiger partial charge on any atom is -0.347 e. The van der Waals surface area contributed by atoms with Crippen LogP contribution in [-0.2, 0) is 4.79 Å². The third-order valence-electron chi connectivity index (χ3n) is 5.24. The molecule has 3 rings (SSSR count). The summed E-state index contributed by atoms with van der Waals surface area (Å²) in [7, 11) is 1.66. The van der Waals surface area contributed by atoms with Gasteiger partial charge < -0.3 is 15.5 Å². The van der Waals surface area contributed by atoms with Crippen LogP contribution in [0.1, 0.15) is 32.1 Å². The Bertz CT molecular complexity index is 747. The Labute approximate surface area is 167 Å². The van der Waals surface area contributed by atoms with Crippen LogP contribution in [0.2, 0.25) is 0 Å². The van der Waals surface area contributed by atoms with E-state index >= 15 is 0 Å². The largest absolute Gasteiger partial charge is 0.347 e. The first-order valence-electron chi connectivity index (χ1n) is 9.47. The second kappa shape index (κ2) is 9.07. The first kappa shape index (κ1) is 20.8. The van der Waals surface area contributed by atoms with Crippen LogP contribution in [0.15, 0.2) is 17.1 Å². The van der Waals surface area contributed by atoms with Crippen molar-refractivity contribution >= 4 is 29.3 Å². The second-order valence-corrected chi connectivity index (χ2v) is 8.75. The maximum absolute atomic E-state index is 13.7. The molecule has 0 radical (unpaired) electrons. The highest BCUT2D eigenvalue weighted by atomic mass is 32.2. The molecule has 2 fully saturated rings. The standard InChI is InChI=1S/C19H25F3N4OS/c1-23-18(26-9-10-28-19(12-26)7-3-2-4-8-19)24-11-15(27)25-14-6-5-13(20)16(21)17(14)22/h5-6H,2-4,7-12H2,1H3,(H,23,24)(H,25,27). The topological polar surface area (TPSA) is 56.7 Å². The normalized spacial score (nSPS) is 19.6. The van der Waals surface area contributed by atoms with Gasteiger partial charge in [-0.1, -0.05) is 19.3 Å². The van der Waals surface area contributed by atoms with Gasteiger partial charge in [0, 0.05) is 30.6 Å². The average Bonchev–Trinajstić information content (AvgIpc) is 2.70. The molecule has 2 N–H and O–H groups in total. The number of amides is 1. The van der Waals surface area contributed by atoms with Crippen molar-refractivity contribution in [2.45, 2.75) is 36.9 Å². The molecule has 2 aliphatic rings. The number of halogens is 3. The Morgan fingerprint density at radius 3 is 2.68 bits per heavy atom. The summed E-state index contributed by atoms with van der Waals surface area (Å²) < 4.78 is 40.2. The number of guanidine groups is 1. The molecular weight excluding hydrogens is 389 g/mol. The second-order valence-electron chi connectivity index (χ2n) is 7.19. The summed E-state index contributed by atoms with van der Waals surface area (Å²) in [4.78, 5) is 18.6. The molecule has 1 aromatic rings. The smallest absolute Gasteiger partial charge is 0.243 e. The predicted octanol–water partition coefficient (Wildman–Crippen LogP) is 3.37. The van der Waals surface area contributed by atoms with E-state index in [9.17, 15) is 18.0 Å². The van der Waals surface area contributed by atoms with Crippen molar-refractivity contribution in [3.63, 3.8) is 0 Å². The summed E-state index contributed by atoms with van der Waals surface area (Å²) in [5, 5.41) is 5.25. The Kier molecular flexibility index (Phi) is 6.74. The van der Waals surface area contributed by atoms with E-state index in [0.29, 0.717) is 5.96 Å². The summed E-state index contributed by atoms with van der Waals surface area (Å²) >= 11 is 2.04. The van der Waals surface area contributed by atoms with Gasteiger partial charge in [0.25, 0.3) is 0 Å². The molecule has 0 unspecified atom stereocenters. The number of hydrogen-bond acceptors (Lipinski definition) is 3. The fourth-order valence-corrected chi connectivity index (χ4v) is 5.40. The van der Waals surface area contributed by atoms with Crippen molar-refractivity contribution in [2.75, 3.05) is 37.8 Å². The minimum atomic E-state index is -1.61. The van der Waals surface area contributed by atoms with Crippen molar-refractivity contribution in [1.29, 1.82) is 0 Å². The van der Waals surface area contributed by atoms with Crippen molar-refractivity contribution in [3.05, 3.63) is 29.6 Å². The van der Waals surface area contributed by atoms with E-state index in [0.717, 1.165) is 31.0 Å². The van der Waals surface area contributed by atoms with E-state index in [1.165, 1.54) is 32.1 Å². The highest BCUT2D eigenvalue weighted by Gasteiger charge is 2.38. The maximum Gasteiger partial charge on any atom is 0.243 e. The molecule has 1 saturated carbocycles. The van der Waals surface area contributed by atoms with Crippen LogP contribution in [0.25, 0.3) is 0 Å². The third-order valence-corrected chi connectivity index (χ3v) is 6.78. The summed E-state index contributed by atoms with van der Waals surface area (Å²) in [5.74, 6) is -3.26. The molecular formula is C19H25F3N4OS. The summed E-state index contributed by atoms with van der Waals surface area (Å²) in [6.45, 7) is 1.57. The Hall–Kier alpha value is -1.90. The van der Waals surface area contributed by atoms with Crippen LogP contribution in [0.5, 0.6) is 0 Å². The number of carbonyl (C=O) groups excluding carboxylic acids is 1. The molecule has 1 aromatic carbocycles. The zero-order valence-corrected chi connectivity index (χ0v) is 16.7. The number of hydrogen-bond donors (Lipinski definition) is 2. The van der Waals surface area contributed by atoms with Gasteiger partial charge in [-0.2, -0.15) is 11.8 Å². The van der Waals surface area contributed by atoms with Gasteiger partial charge in [0.05, 0.1) is 12.2 Å². The summed E-state index contributed by atoms with van der Waals surface area (Å²) in [6, 6.07) is 1.77. The molecule has 154 valence electrons. The lowest BCUT2D eigenvalue weighted by atomic mass is 9.87. The summed E-state index contributed by atoms with van der Waals surface area (Å²) in [6.07, 6.45) is 6.17. The van der Waals surface area contributed by atoms with Crippen LogP contribution in [0.3, 0.4) is 0 Å². The highest BCUT2D eigenvalue weighted by molar-refractivity contribution is 8.00. The van der Waals surface area contributed by atoms with Crippen LogP contribution in [0.4, 0.5) is 18.9 Å². The van der Waals surface area contributed by atoms with Crippen LogP contribution in [0, 0.1) is 17.5 Å². The lowest BCUT2D eigenvalue weighted by Gasteiger charge is -2.45. The van der Waals surface area contributed by atoms with Gasteiger partial charge in [-0.05, 0) is 25.0 Å². The molecule has 1 saturated heterocycles. The molecule has 1 spiro atoms. The Morgan fingerprint density at radius 1 is 1.21 bits per heavy atom. The molecule has 1 aliphatic heterocycles. The van der Waals surface area contributed by atoms with Crippen molar-refractivity contribution in [1.82, 2.24) is 10.2 Å². The zero-order valence-electron chi connectivity index (χ0n) is 15.9. The monoisotopic (exact) mass is 414 g/mol. The van der Waals surface area contributed by atoms with Gasteiger partial charge in [0.15, 0.2) is 23.4 Å². The van der Waals surface area contributed by atoms with Crippen LogP contribution in [-0.4, -0.2) is 53.9 Å². The van der Waals surface area contributed by atoms with Crippen molar-refractivity contribution in [2.24, 2.45) is 4.99 Å². The molecule has 1 heterocycles. The first-order valence-corrected chi connectivity index (χ1v) is 10.5. The zero-order chi connectivity index (χ0) is 20.1. The molecule has 0 bridgehead atoms. The van der Waals surface area contributed by atoms with Gasteiger partial charge in [-0.3, -0.25) is 9.79 Å². The third kappa shape index (κ3) is 4.74. The SMILES string of the molecule is CN=C(NCC(=O)Nc1ccc(F)c(F)c1F)N1CCSC2(CCCCC2)C1. The highest BCUT2D eigenvalue weighted by Crippen LogP contribution is 2.42. The number of anilines is 1. The molecule has 28 heavy (non-hydrogen) atoms. The molecule has 1 aliphatic carbocycles. The van der Waals surface area contributed by atoms with E-state index in [1.54, 1.807) is 7.05 Å². The van der Waals surface area contributed by atoms with Crippen LogP contribution < -0.4 is 10.6 Å². The number of nitrogens with zero attached hydrogens (tertiary/aromatic N) is 2. The first-order chi connectivity index (χ1) is 13.4. The quantitative estimate of drug-likeness (QED) is 0.452. The van der Waals surface area contributed by atoms with E-state index in [4.69, 9.17) is 0 Å². The Morgan fingerprint density at radius 2 is 1.96 bits per heavy atom. The lowest BCUT2D eigenvalue weighted by Crippen LogP contribution is -2.54. The van der Waals surface area contributed by atoms with Gasteiger partial charge >= 0.3 is 0 Å². The minimum absolute atomic E-state index is 0.151. The molecule has 0 atom stereocenters. The van der Waals surface area contributed by atoms with Gasteiger partial charge in [-0.25, -0.2) is 13.2 Å². The maximum atomic E-state index is 13.7. The molecule has 9 heteroatoms. The average molecular weight is 414 g/mol. The number of thioether (sulfide) groups is 1. The fourth-order valence-electron chi connectivity index (χ4n) is 3.83. The number of aliphatic imine (C=N–C) groups is 1. The van der Waals surface area contributed by atoms with Crippen LogP contribution >= 0.6 is 11.8 Å². The Balaban J connectivity index is 1.56. The number of nitrogens with one attached hydrogen (secondary N) is 2. The fraction of sp³-hybridized carbons (Fsp3) is 0.579. The molecule has 0 aromatic heterocycles. The van der Waals surface area contributed by atoms with E-state index < -0.39 is 29.0 Å².